The van der Waals surface area contributed by atoms with Gasteiger partial charge in [0, 0.05) is 12.1 Å². The van der Waals surface area contributed by atoms with Gasteiger partial charge in [0.15, 0.2) is 0 Å². The highest BCUT2D eigenvalue weighted by Gasteiger charge is 2.35. The monoisotopic (exact) mass is 370 g/mol. The van der Waals surface area contributed by atoms with Crippen LogP contribution in [0.4, 0.5) is 11.4 Å². The van der Waals surface area contributed by atoms with Gasteiger partial charge >= 0.3 is 0 Å². The molecule has 27 heavy (non-hydrogen) atoms. The normalized spacial score (nSPS) is 17.1. The van der Waals surface area contributed by atoms with Gasteiger partial charge in [-0.2, -0.15) is 0 Å². The van der Waals surface area contributed by atoms with E-state index in [1.165, 1.54) is 43.3 Å². The van der Waals surface area contributed by atoms with Crippen LogP contribution in [0.5, 0.6) is 5.75 Å². The van der Waals surface area contributed by atoms with E-state index in [9.17, 15) is 5.21 Å². The minimum absolute atomic E-state index is 0.103. The molecule has 1 fully saturated rings. The lowest BCUT2D eigenvalue weighted by atomic mass is 9.87. The zero-order valence-corrected chi connectivity index (χ0v) is 16.8. The summed E-state index contributed by atoms with van der Waals surface area (Å²) >= 11 is 0. The molecule has 2 aromatic rings. The number of piperidine rings is 1. The first-order valence-corrected chi connectivity index (χ1v) is 9.63. The van der Waals surface area contributed by atoms with Crippen molar-refractivity contribution in [2.45, 2.75) is 45.4 Å². The van der Waals surface area contributed by atoms with Crippen molar-refractivity contribution < 1.29 is 9.68 Å². The lowest BCUT2D eigenvalue weighted by Gasteiger charge is -2.41. The largest absolute Gasteiger partial charge is 0.728 e. The van der Waals surface area contributed by atoms with Crippen LogP contribution >= 0.6 is 0 Å². The Morgan fingerprint density at radius 2 is 1.37 bits per heavy atom. The Balaban J connectivity index is 1.93. The fraction of sp³-hybridized carbons (Fsp3) is 0.455. The van der Waals surface area contributed by atoms with Gasteiger partial charge in [-0.15, -0.1) is 0 Å². The summed E-state index contributed by atoms with van der Waals surface area (Å²) in [5.41, 5.74) is 4.04. The second-order valence-corrected chi connectivity index (χ2v) is 8.26. The zero-order valence-electron chi connectivity index (χ0n) is 16.8. The minimum atomic E-state index is 0.103. The quantitative estimate of drug-likeness (QED) is 0.518. The van der Waals surface area contributed by atoms with Crippen LogP contribution < -0.4 is 9.32 Å². The fourth-order valence-electron chi connectivity index (χ4n) is 3.88. The van der Waals surface area contributed by atoms with E-state index in [4.69, 9.17) is 4.84 Å². The van der Waals surface area contributed by atoms with Gasteiger partial charge in [0.25, 0.3) is 0 Å². The Kier molecular flexibility index (Phi) is 5.86. The highest BCUT2D eigenvalue weighted by Crippen LogP contribution is 2.39. The molecule has 0 saturated carbocycles. The van der Waals surface area contributed by atoms with Crippen molar-refractivity contribution in [1.82, 2.24) is 9.87 Å². The van der Waals surface area contributed by atoms with Gasteiger partial charge in [-0.25, -0.2) is 0 Å². The van der Waals surface area contributed by atoms with Gasteiger partial charge in [-0.3, -0.25) is 9.32 Å². The van der Waals surface area contributed by atoms with Crippen molar-refractivity contribution in [2.24, 2.45) is 0 Å². The third-order valence-electron chi connectivity index (χ3n) is 5.47. The Morgan fingerprint density at radius 1 is 0.852 bits per heavy atom. The van der Waals surface area contributed by atoms with Crippen LogP contribution in [0.2, 0.25) is 0 Å². The van der Waals surface area contributed by atoms with Crippen LogP contribution in [0.1, 0.15) is 45.6 Å². The molecule has 5 nitrogen and oxygen atoms in total. The first-order valence-electron chi connectivity index (χ1n) is 9.63. The molecule has 146 valence electrons. The van der Waals surface area contributed by atoms with Gasteiger partial charge < -0.3 is 10.0 Å². The first kappa shape index (κ1) is 19.8. The fourth-order valence-corrected chi connectivity index (χ4v) is 3.88. The zero-order chi connectivity index (χ0) is 19.5. The molecule has 1 aliphatic heterocycles. The second-order valence-electron chi connectivity index (χ2n) is 8.26. The standard InChI is InChI=1S/C22H30N2O3/c1-22(2,3)18-8-10-19(11-9-18)24(16-6-5-7-17-24)20-12-14-21(15-13-20)27-23(25)26-4/h8-15H,5-7,16-17H2,1-4H3. The molecule has 1 heterocycles. The van der Waals surface area contributed by atoms with Gasteiger partial charge in [0.1, 0.15) is 17.1 Å². The predicted molar refractivity (Wildman–Crippen MR) is 109 cm³/mol. The highest BCUT2D eigenvalue weighted by atomic mass is 17.1. The van der Waals surface area contributed by atoms with E-state index in [2.05, 4.69) is 62.0 Å². The number of rotatable bonds is 5. The summed E-state index contributed by atoms with van der Waals surface area (Å²) in [6.07, 6.45) is 3.69. The van der Waals surface area contributed by atoms with Gasteiger partial charge in [0.2, 0.25) is 0 Å². The Labute approximate surface area is 162 Å². The minimum Gasteiger partial charge on any atom is -0.728 e. The van der Waals surface area contributed by atoms with E-state index in [0.717, 1.165) is 17.6 Å². The summed E-state index contributed by atoms with van der Waals surface area (Å²) in [4.78, 5) is 9.53. The van der Waals surface area contributed by atoms with E-state index < -0.39 is 0 Å². The maximum absolute atomic E-state index is 11.2. The Morgan fingerprint density at radius 3 is 1.85 bits per heavy atom. The first-order chi connectivity index (χ1) is 12.8. The van der Waals surface area contributed by atoms with E-state index in [1.807, 2.05) is 12.1 Å². The van der Waals surface area contributed by atoms with Crippen molar-refractivity contribution >= 4 is 11.4 Å². The van der Waals surface area contributed by atoms with E-state index >= 15 is 0 Å². The van der Waals surface area contributed by atoms with Crippen LogP contribution in [0.3, 0.4) is 0 Å². The van der Waals surface area contributed by atoms with Crippen molar-refractivity contribution in [2.75, 3.05) is 20.2 Å². The molecule has 0 aromatic heterocycles. The topological polar surface area (TPSA) is 44.8 Å². The Bertz CT molecular complexity index is 730. The summed E-state index contributed by atoms with van der Waals surface area (Å²) in [6.45, 7) is 8.89. The smallest absolute Gasteiger partial charge is 0.149 e. The molecule has 0 bridgehead atoms. The summed E-state index contributed by atoms with van der Waals surface area (Å²) in [5.74, 6) is 0.467. The molecule has 0 unspecified atom stereocenters. The summed E-state index contributed by atoms with van der Waals surface area (Å²) in [6, 6.07) is 16.9. The van der Waals surface area contributed by atoms with Crippen molar-refractivity contribution in [1.29, 1.82) is 0 Å². The van der Waals surface area contributed by atoms with Crippen LogP contribution in [0.25, 0.3) is 0 Å². The molecule has 0 N–H and O–H groups in total. The SMILES string of the molecule is CON([O-])Oc1ccc([N+]2(c3ccc(C(C)(C)C)cc3)CCCCC2)cc1. The van der Waals surface area contributed by atoms with Gasteiger partial charge in [-0.1, -0.05) is 38.3 Å². The van der Waals surface area contributed by atoms with E-state index in [1.54, 1.807) is 0 Å². The lowest BCUT2D eigenvalue weighted by molar-refractivity contribution is -0.265. The number of quaternary nitrogens is 1. The third kappa shape index (κ3) is 4.33. The van der Waals surface area contributed by atoms with Crippen LogP contribution in [-0.4, -0.2) is 25.6 Å². The molecule has 2 aromatic carbocycles. The molecule has 0 spiro atoms. The molecule has 0 atom stereocenters. The molecule has 1 aliphatic rings. The van der Waals surface area contributed by atoms with Crippen LogP contribution in [0, 0.1) is 5.21 Å². The summed E-state index contributed by atoms with van der Waals surface area (Å²) in [5, 5.41) is 11.3. The lowest BCUT2D eigenvalue weighted by Crippen LogP contribution is -2.48. The highest BCUT2D eigenvalue weighted by molar-refractivity contribution is 5.60. The third-order valence-corrected chi connectivity index (χ3v) is 5.47. The maximum atomic E-state index is 11.2. The number of hydrogen-bond acceptors (Lipinski definition) is 4. The van der Waals surface area contributed by atoms with E-state index in [-0.39, 0.29) is 10.8 Å². The maximum Gasteiger partial charge on any atom is 0.149 e. The molecule has 5 heteroatoms. The number of hydrogen-bond donors (Lipinski definition) is 0. The van der Waals surface area contributed by atoms with Gasteiger partial charge in [-0.05, 0) is 54.5 Å². The molecule has 3 rings (SSSR count). The van der Waals surface area contributed by atoms with Crippen LogP contribution in [-0.2, 0) is 10.3 Å². The molecule has 1 saturated heterocycles. The second kappa shape index (κ2) is 7.98. The number of benzene rings is 2. The molecular formula is C22H30N2O3. The summed E-state index contributed by atoms with van der Waals surface area (Å²) in [7, 11) is 1.27. The summed E-state index contributed by atoms with van der Waals surface area (Å²) < 4.78 is 0.843. The average molecular weight is 370 g/mol. The van der Waals surface area contributed by atoms with Gasteiger partial charge in [0.05, 0.1) is 20.2 Å². The average Bonchev–Trinajstić information content (AvgIpc) is 2.68. The predicted octanol–water partition coefficient (Wildman–Crippen LogP) is 5.46. The molecular weight excluding hydrogens is 340 g/mol. The molecule has 0 amide bonds. The number of nitrogens with zero attached hydrogens (tertiary/aromatic N) is 2. The Hall–Kier alpha value is -1.92. The van der Waals surface area contributed by atoms with Crippen LogP contribution in [0.15, 0.2) is 48.5 Å². The van der Waals surface area contributed by atoms with Crippen molar-refractivity contribution in [3.63, 3.8) is 0 Å². The molecule has 0 aliphatic carbocycles. The van der Waals surface area contributed by atoms with Crippen molar-refractivity contribution in [3.8, 4) is 5.75 Å². The molecule has 0 radical (unpaired) electrons. The van der Waals surface area contributed by atoms with Crippen molar-refractivity contribution in [3.05, 3.63) is 59.3 Å². The van der Waals surface area contributed by atoms with E-state index in [0.29, 0.717) is 5.75 Å².